The van der Waals surface area contributed by atoms with Gasteiger partial charge in [-0.15, -0.1) is 0 Å². The Bertz CT molecular complexity index is 395. The molecule has 0 fully saturated rings. The van der Waals surface area contributed by atoms with Crippen LogP contribution >= 0.6 is 0 Å². The van der Waals surface area contributed by atoms with Crippen LogP contribution < -0.4 is 5.32 Å². The first kappa shape index (κ1) is 14.5. The largest absolute Gasteiger partial charge is 0.450 e. The Morgan fingerprint density at radius 3 is 2.33 bits per heavy atom. The average Bonchev–Trinajstić information content (AvgIpc) is 2.26. The number of hydrogen-bond donors (Lipinski definition) is 1. The molecule has 0 aliphatic heterocycles. The minimum Gasteiger partial charge on any atom is -0.450 e. The molecule has 1 aromatic carbocycles. The molecule has 1 N–H and O–H groups in total. The first-order chi connectivity index (χ1) is 8.34. The van der Waals surface area contributed by atoms with E-state index in [-0.39, 0.29) is 17.3 Å². The highest BCUT2D eigenvalue weighted by Crippen LogP contribution is 2.32. The van der Waals surface area contributed by atoms with Crippen LogP contribution in [-0.2, 0) is 4.74 Å². The molecule has 0 bridgehead atoms. The van der Waals surface area contributed by atoms with E-state index in [0.717, 1.165) is 5.56 Å². The van der Waals surface area contributed by atoms with Crippen LogP contribution in [0.4, 0.5) is 9.18 Å². The van der Waals surface area contributed by atoms with Gasteiger partial charge in [0.2, 0.25) is 0 Å². The van der Waals surface area contributed by atoms with Gasteiger partial charge in [-0.1, -0.05) is 32.9 Å². The second-order valence-electron chi connectivity index (χ2n) is 5.22. The van der Waals surface area contributed by atoms with E-state index in [9.17, 15) is 9.18 Å². The van der Waals surface area contributed by atoms with Crippen LogP contribution in [0.3, 0.4) is 0 Å². The highest BCUT2D eigenvalue weighted by molar-refractivity contribution is 5.68. The van der Waals surface area contributed by atoms with Crippen LogP contribution in [-0.4, -0.2) is 12.7 Å². The highest BCUT2D eigenvalue weighted by Gasteiger charge is 2.28. The lowest BCUT2D eigenvalue weighted by Crippen LogP contribution is -2.37. The quantitative estimate of drug-likeness (QED) is 0.892. The Balaban J connectivity index is 2.92. The van der Waals surface area contributed by atoms with Gasteiger partial charge in [-0.25, -0.2) is 9.18 Å². The number of halogens is 1. The summed E-state index contributed by atoms with van der Waals surface area (Å²) in [5, 5.41) is 2.81. The molecule has 3 nitrogen and oxygen atoms in total. The number of ether oxygens (including phenoxy) is 1. The Kier molecular flexibility index (Phi) is 4.70. The van der Waals surface area contributed by atoms with Gasteiger partial charge >= 0.3 is 6.09 Å². The van der Waals surface area contributed by atoms with E-state index in [4.69, 9.17) is 4.74 Å². The highest BCUT2D eigenvalue weighted by atomic mass is 19.1. The Morgan fingerprint density at radius 2 is 1.89 bits per heavy atom. The molecular weight excluding hydrogens is 233 g/mol. The summed E-state index contributed by atoms with van der Waals surface area (Å²) >= 11 is 0. The van der Waals surface area contributed by atoms with E-state index in [1.54, 1.807) is 19.1 Å². The Labute approximate surface area is 107 Å². The molecule has 1 unspecified atom stereocenters. The molecule has 0 aromatic heterocycles. The monoisotopic (exact) mass is 253 g/mol. The third-order valence-electron chi connectivity index (χ3n) is 2.61. The van der Waals surface area contributed by atoms with Crippen LogP contribution in [0.25, 0.3) is 0 Å². The number of amides is 1. The molecule has 1 rings (SSSR count). The molecule has 0 heterocycles. The summed E-state index contributed by atoms with van der Waals surface area (Å²) in [6.45, 7) is 8.10. The Morgan fingerprint density at radius 1 is 1.33 bits per heavy atom. The van der Waals surface area contributed by atoms with Crippen molar-refractivity contribution in [2.45, 2.75) is 33.7 Å². The summed E-state index contributed by atoms with van der Waals surface area (Å²) in [5.41, 5.74) is 0.668. The molecule has 18 heavy (non-hydrogen) atoms. The smallest absolute Gasteiger partial charge is 0.407 e. The Hall–Kier alpha value is -1.58. The number of rotatable bonds is 3. The van der Waals surface area contributed by atoms with Gasteiger partial charge in [0, 0.05) is 0 Å². The van der Waals surface area contributed by atoms with Gasteiger partial charge in [0.25, 0.3) is 0 Å². The van der Waals surface area contributed by atoms with Crippen LogP contribution in [0.15, 0.2) is 24.3 Å². The summed E-state index contributed by atoms with van der Waals surface area (Å²) < 4.78 is 17.8. The zero-order valence-electron chi connectivity index (χ0n) is 11.3. The SMILES string of the molecule is CCOC(=O)NC(c1ccc(F)cc1)C(C)(C)C. The minimum atomic E-state index is -0.457. The summed E-state index contributed by atoms with van der Waals surface area (Å²) in [5.74, 6) is -0.289. The molecule has 1 atom stereocenters. The maximum atomic E-state index is 12.9. The maximum absolute atomic E-state index is 12.9. The van der Waals surface area contributed by atoms with Crippen molar-refractivity contribution in [2.24, 2.45) is 5.41 Å². The molecule has 0 saturated carbocycles. The van der Waals surface area contributed by atoms with Crippen molar-refractivity contribution >= 4 is 6.09 Å². The van der Waals surface area contributed by atoms with Crippen LogP contribution in [0, 0.1) is 11.2 Å². The fourth-order valence-corrected chi connectivity index (χ4v) is 1.75. The van der Waals surface area contributed by atoms with Crippen molar-refractivity contribution in [2.75, 3.05) is 6.61 Å². The van der Waals surface area contributed by atoms with Crippen molar-refractivity contribution in [1.29, 1.82) is 0 Å². The third kappa shape index (κ3) is 4.02. The molecule has 0 aliphatic rings. The average molecular weight is 253 g/mol. The van der Waals surface area contributed by atoms with Crippen LogP contribution in [0.5, 0.6) is 0 Å². The number of hydrogen-bond acceptors (Lipinski definition) is 2. The van der Waals surface area contributed by atoms with Gasteiger partial charge in [-0.2, -0.15) is 0 Å². The third-order valence-corrected chi connectivity index (χ3v) is 2.61. The maximum Gasteiger partial charge on any atom is 0.407 e. The second-order valence-corrected chi connectivity index (χ2v) is 5.22. The lowest BCUT2D eigenvalue weighted by Gasteiger charge is -2.31. The summed E-state index contributed by atoms with van der Waals surface area (Å²) in [6.07, 6.45) is -0.457. The van der Waals surface area contributed by atoms with Crippen molar-refractivity contribution in [3.05, 3.63) is 35.6 Å². The molecule has 1 amide bonds. The number of carbonyl (C=O) groups is 1. The van der Waals surface area contributed by atoms with E-state index < -0.39 is 6.09 Å². The topological polar surface area (TPSA) is 38.3 Å². The van der Waals surface area contributed by atoms with E-state index in [0.29, 0.717) is 6.61 Å². The van der Waals surface area contributed by atoms with Crippen LogP contribution in [0.1, 0.15) is 39.3 Å². The van der Waals surface area contributed by atoms with Gasteiger partial charge in [0.1, 0.15) is 5.82 Å². The lowest BCUT2D eigenvalue weighted by molar-refractivity contribution is 0.137. The summed E-state index contributed by atoms with van der Waals surface area (Å²) in [4.78, 5) is 11.5. The van der Waals surface area contributed by atoms with Crippen LogP contribution in [0.2, 0.25) is 0 Å². The molecule has 0 saturated heterocycles. The molecule has 0 aliphatic carbocycles. The van der Waals surface area contributed by atoms with E-state index in [1.807, 2.05) is 20.8 Å². The lowest BCUT2D eigenvalue weighted by atomic mass is 9.82. The molecule has 100 valence electrons. The van der Waals surface area contributed by atoms with E-state index >= 15 is 0 Å². The molecule has 0 spiro atoms. The number of benzene rings is 1. The van der Waals surface area contributed by atoms with Gasteiger partial charge in [-0.05, 0) is 30.0 Å². The second kappa shape index (κ2) is 5.85. The number of alkyl carbamates (subject to hydrolysis) is 1. The molecular formula is C14H20FNO2. The van der Waals surface area contributed by atoms with Gasteiger partial charge in [0.15, 0.2) is 0 Å². The summed E-state index contributed by atoms with van der Waals surface area (Å²) in [7, 11) is 0. The standard InChI is InChI=1S/C14H20FNO2/c1-5-18-13(17)16-12(14(2,3)4)10-6-8-11(15)9-7-10/h6-9,12H,5H2,1-4H3,(H,16,17). The van der Waals surface area contributed by atoms with Crippen molar-refractivity contribution in [3.63, 3.8) is 0 Å². The van der Waals surface area contributed by atoms with Crippen molar-refractivity contribution in [1.82, 2.24) is 5.32 Å². The van der Waals surface area contributed by atoms with Gasteiger partial charge in [-0.3, -0.25) is 0 Å². The first-order valence-electron chi connectivity index (χ1n) is 6.03. The van der Waals surface area contributed by atoms with E-state index in [2.05, 4.69) is 5.32 Å². The van der Waals surface area contributed by atoms with Crippen molar-refractivity contribution < 1.29 is 13.9 Å². The fourth-order valence-electron chi connectivity index (χ4n) is 1.75. The van der Waals surface area contributed by atoms with Gasteiger partial charge in [0.05, 0.1) is 12.6 Å². The minimum absolute atomic E-state index is 0.190. The molecule has 4 heteroatoms. The summed E-state index contributed by atoms with van der Waals surface area (Å²) in [6, 6.07) is 5.91. The van der Waals surface area contributed by atoms with E-state index in [1.165, 1.54) is 12.1 Å². The molecule has 0 radical (unpaired) electrons. The zero-order chi connectivity index (χ0) is 13.8. The molecule has 1 aromatic rings. The first-order valence-corrected chi connectivity index (χ1v) is 6.03. The fraction of sp³-hybridized carbons (Fsp3) is 0.500. The predicted octanol–water partition coefficient (Wildman–Crippen LogP) is 3.66. The number of carbonyl (C=O) groups excluding carboxylic acids is 1. The zero-order valence-corrected chi connectivity index (χ0v) is 11.3. The van der Waals surface area contributed by atoms with Gasteiger partial charge < -0.3 is 10.1 Å². The normalized spacial score (nSPS) is 12.9. The van der Waals surface area contributed by atoms with Crippen molar-refractivity contribution in [3.8, 4) is 0 Å². The predicted molar refractivity (Wildman–Crippen MR) is 68.8 cm³/mol. The number of nitrogens with one attached hydrogen (secondary N) is 1.